The van der Waals surface area contributed by atoms with E-state index in [1.54, 1.807) is 37.4 Å². The van der Waals surface area contributed by atoms with Crippen LogP contribution < -0.4 is 14.5 Å². The van der Waals surface area contributed by atoms with Crippen molar-refractivity contribution in [2.75, 3.05) is 16.9 Å². The number of fused-ring (bicyclic) bond motifs is 5. The summed E-state index contributed by atoms with van der Waals surface area (Å²) in [5.74, 6) is -2.15. The van der Waals surface area contributed by atoms with Crippen LogP contribution in [0.1, 0.15) is 15.9 Å². The van der Waals surface area contributed by atoms with E-state index in [1.165, 1.54) is 6.07 Å². The average molecular weight is 598 g/mol. The normalized spacial score (nSPS) is 23.7. The molecule has 0 spiro atoms. The molecule has 3 aliphatic heterocycles. The highest BCUT2D eigenvalue weighted by atomic mass is 79.9. The van der Waals surface area contributed by atoms with Gasteiger partial charge in [0.25, 0.3) is 0 Å². The highest BCUT2D eigenvalue weighted by Crippen LogP contribution is 2.50. The van der Waals surface area contributed by atoms with Gasteiger partial charge in [-0.3, -0.25) is 14.4 Å². The fraction of sp³-hybridized carbons (Fsp3) is 0.179. The molecule has 3 aliphatic rings. The molecule has 0 unspecified atom stereocenters. The maximum atomic E-state index is 14.2. The van der Waals surface area contributed by atoms with Crippen LogP contribution in [0.3, 0.4) is 0 Å². The fourth-order valence-electron chi connectivity index (χ4n) is 5.70. The van der Waals surface area contributed by atoms with E-state index >= 15 is 0 Å². The lowest BCUT2D eigenvalue weighted by Crippen LogP contribution is -2.48. The van der Waals surface area contributed by atoms with E-state index in [0.717, 1.165) is 16.2 Å². The molecule has 2 saturated heterocycles. The summed E-state index contributed by atoms with van der Waals surface area (Å²) in [7, 11) is 1.55. The predicted molar refractivity (Wildman–Crippen MR) is 146 cm³/mol. The number of methoxy groups -OCH3 is 1. The fourth-order valence-corrected chi connectivity index (χ4v) is 6.74. The number of hydrogen-bond acceptors (Lipinski definition) is 5. The van der Waals surface area contributed by atoms with E-state index in [9.17, 15) is 14.4 Å². The first-order valence-corrected chi connectivity index (χ1v) is 13.1. The lowest BCUT2D eigenvalue weighted by Gasteiger charge is -2.36. The number of benzene rings is 3. The smallest absolute Gasteiger partial charge is 0.240 e. The van der Waals surface area contributed by atoms with E-state index in [2.05, 4.69) is 15.9 Å². The quantitative estimate of drug-likeness (QED) is 0.271. The van der Waals surface area contributed by atoms with Gasteiger partial charge in [-0.1, -0.05) is 53.6 Å². The van der Waals surface area contributed by atoms with E-state index in [1.807, 2.05) is 41.3 Å². The number of imide groups is 1. The van der Waals surface area contributed by atoms with Crippen LogP contribution in [0.15, 0.2) is 71.2 Å². The van der Waals surface area contributed by atoms with Gasteiger partial charge in [-0.15, -0.1) is 0 Å². The van der Waals surface area contributed by atoms with Crippen molar-refractivity contribution in [2.24, 2.45) is 11.8 Å². The summed E-state index contributed by atoms with van der Waals surface area (Å²) >= 11 is 15.9. The van der Waals surface area contributed by atoms with E-state index in [0.29, 0.717) is 20.8 Å². The first kappa shape index (κ1) is 24.2. The van der Waals surface area contributed by atoms with Crippen molar-refractivity contribution in [1.29, 1.82) is 0 Å². The largest absolute Gasteiger partial charge is 0.496 e. The van der Waals surface area contributed by atoms with Crippen molar-refractivity contribution in [3.05, 3.63) is 92.4 Å². The number of halogens is 3. The van der Waals surface area contributed by atoms with Gasteiger partial charge in [0, 0.05) is 16.3 Å². The molecule has 0 aromatic heterocycles. The first-order valence-electron chi connectivity index (χ1n) is 11.6. The van der Waals surface area contributed by atoms with Gasteiger partial charge in [0.05, 0.1) is 40.2 Å². The summed E-state index contributed by atoms with van der Waals surface area (Å²) in [6, 6.07) is 16.0. The minimum atomic E-state index is -0.895. The van der Waals surface area contributed by atoms with E-state index in [-0.39, 0.29) is 22.4 Å². The van der Waals surface area contributed by atoms with Gasteiger partial charge in [-0.25, -0.2) is 4.90 Å². The van der Waals surface area contributed by atoms with Crippen molar-refractivity contribution in [2.45, 2.75) is 12.1 Å². The topological polar surface area (TPSA) is 66.9 Å². The van der Waals surface area contributed by atoms with Crippen LogP contribution in [0.25, 0.3) is 6.08 Å². The molecule has 6 nitrogen and oxygen atoms in total. The van der Waals surface area contributed by atoms with Gasteiger partial charge in [0.15, 0.2) is 5.78 Å². The molecule has 2 fully saturated rings. The average Bonchev–Trinajstić information content (AvgIpc) is 3.36. The van der Waals surface area contributed by atoms with E-state index < -0.39 is 29.8 Å². The molecule has 37 heavy (non-hydrogen) atoms. The maximum absolute atomic E-state index is 14.2. The van der Waals surface area contributed by atoms with Crippen molar-refractivity contribution in [3.63, 3.8) is 0 Å². The molecule has 186 valence electrons. The second-order valence-corrected chi connectivity index (χ2v) is 10.8. The number of carbonyl (C=O) groups is 3. The SMILES string of the molecule is COc1ccc(C(=O)[C@H]2[C@H]3C(=O)N(c4ccc(Cl)cc4Cl)C(=O)[C@@H]3[C@H]3C=Cc4ccccc4N32)cc1Br. The summed E-state index contributed by atoms with van der Waals surface area (Å²) in [4.78, 5) is 45.1. The summed E-state index contributed by atoms with van der Waals surface area (Å²) < 4.78 is 5.94. The number of Topliss-reactive ketones (excluding diaryl/α,β-unsaturated/α-hetero) is 1. The summed E-state index contributed by atoms with van der Waals surface area (Å²) in [5.41, 5.74) is 2.41. The number of anilines is 2. The zero-order valence-corrected chi connectivity index (χ0v) is 22.5. The molecular weight excluding hydrogens is 579 g/mol. The van der Waals surface area contributed by atoms with Gasteiger partial charge >= 0.3 is 0 Å². The third kappa shape index (κ3) is 3.63. The Morgan fingerprint density at radius 2 is 1.70 bits per heavy atom. The number of ketones is 1. The molecule has 0 N–H and O–H groups in total. The van der Waals surface area contributed by atoms with Crippen LogP contribution >= 0.6 is 39.1 Å². The lowest BCUT2D eigenvalue weighted by molar-refractivity contribution is -0.122. The Bertz CT molecular complexity index is 1520. The molecule has 3 aromatic rings. The summed E-state index contributed by atoms with van der Waals surface area (Å²) in [5, 5.41) is 0.585. The standard InChI is InChI=1S/C28H19BrCl2N2O4/c1-37-22-11-7-15(12-17(22)29)26(34)25-24-23(21-9-6-14-4-2-3-5-19(14)32(21)25)27(35)33(28(24)36)20-10-8-16(30)13-18(20)31/h2-13,21,23-25H,1H3/t21-,23-,24+,25-/m1/s1. The zero-order valence-electron chi connectivity index (χ0n) is 19.4. The van der Waals surface area contributed by atoms with Gasteiger partial charge in [0.2, 0.25) is 11.8 Å². The Labute approximate surface area is 231 Å². The van der Waals surface area contributed by atoms with Crippen molar-refractivity contribution >= 4 is 74.2 Å². The van der Waals surface area contributed by atoms with Crippen LogP contribution in [-0.4, -0.2) is 36.8 Å². The Hall–Kier alpha value is -3.13. The Kier molecular flexibility index (Phi) is 5.90. The van der Waals surface area contributed by atoms with Gasteiger partial charge in [-0.05, 0) is 64.0 Å². The van der Waals surface area contributed by atoms with Crippen molar-refractivity contribution in [3.8, 4) is 5.75 Å². The van der Waals surface area contributed by atoms with Gasteiger partial charge < -0.3 is 9.64 Å². The van der Waals surface area contributed by atoms with Crippen molar-refractivity contribution in [1.82, 2.24) is 0 Å². The highest BCUT2D eigenvalue weighted by Gasteiger charge is 2.64. The second-order valence-electron chi connectivity index (χ2n) is 9.13. The molecule has 0 aliphatic carbocycles. The van der Waals surface area contributed by atoms with Crippen LogP contribution in [-0.2, 0) is 9.59 Å². The number of rotatable bonds is 4. The molecule has 6 rings (SSSR count). The third-order valence-corrected chi connectivity index (χ3v) is 8.43. The van der Waals surface area contributed by atoms with Gasteiger partial charge in [0.1, 0.15) is 11.8 Å². The zero-order chi connectivity index (χ0) is 26.0. The minimum absolute atomic E-state index is 0.192. The number of nitrogens with zero attached hydrogens (tertiary/aromatic N) is 2. The molecular formula is C28H19BrCl2N2O4. The summed E-state index contributed by atoms with van der Waals surface area (Å²) in [6.45, 7) is 0. The Morgan fingerprint density at radius 1 is 0.946 bits per heavy atom. The number of para-hydroxylation sites is 1. The summed E-state index contributed by atoms with van der Waals surface area (Å²) in [6.07, 6.45) is 3.86. The van der Waals surface area contributed by atoms with E-state index in [4.69, 9.17) is 27.9 Å². The van der Waals surface area contributed by atoms with Crippen LogP contribution in [0.2, 0.25) is 10.0 Å². The molecule has 0 radical (unpaired) electrons. The second kappa shape index (κ2) is 9.01. The molecule has 4 atom stereocenters. The number of hydrogen-bond donors (Lipinski definition) is 0. The Balaban J connectivity index is 1.49. The lowest BCUT2D eigenvalue weighted by atomic mass is 9.86. The first-order chi connectivity index (χ1) is 17.8. The predicted octanol–water partition coefficient (Wildman–Crippen LogP) is 6.04. The minimum Gasteiger partial charge on any atom is -0.496 e. The number of ether oxygens (including phenoxy) is 1. The molecule has 3 heterocycles. The molecule has 0 saturated carbocycles. The molecule has 0 bridgehead atoms. The molecule has 2 amide bonds. The monoisotopic (exact) mass is 596 g/mol. The maximum Gasteiger partial charge on any atom is 0.240 e. The molecule has 3 aromatic carbocycles. The molecule has 9 heteroatoms. The number of amides is 2. The van der Waals surface area contributed by atoms with Crippen LogP contribution in [0, 0.1) is 11.8 Å². The third-order valence-electron chi connectivity index (χ3n) is 7.27. The Morgan fingerprint density at radius 3 is 2.43 bits per heavy atom. The van der Waals surface area contributed by atoms with Crippen molar-refractivity contribution < 1.29 is 19.1 Å². The number of carbonyl (C=O) groups excluding carboxylic acids is 3. The van der Waals surface area contributed by atoms with Crippen LogP contribution in [0.5, 0.6) is 5.75 Å². The van der Waals surface area contributed by atoms with Gasteiger partial charge in [-0.2, -0.15) is 0 Å². The highest BCUT2D eigenvalue weighted by molar-refractivity contribution is 9.10. The van der Waals surface area contributed by atoms with Crippen LogP contribution in [0.4, 0.5) is 11.4 Å².